The van der Waals surface area contributed by atoms with Gasteiger partial charge in [0.15, 0.2) is 11.5 Å². The molecule has 4 rings (SSSR count). The molecule has 0 saturated heterocycles. The Kier molecular flexibility index (Phi) is 6.68. The molecular weight excluding hydrogens is 424 g/mol. The highest BCUT2D eigenvalue weighted by molar-refractivity contribution is 6.30. The first-order valence-corrected chi connectivity index (χ1v) is 10.4. The second kappa shape index (κ2) is 9.98. The van der Waals surface area contributed by atoms with Crippen molar-refractivity contribution in [3.05, 3.63) is 107 Å². The first-order chi connectivity index (χ1) is 15.6. The maximum absolute atomic E-state index is 12.5. The minimum Gasteiger partial charge on any atom is -0.493 e. The summed E-state index contributed by atoms with van der Waals surface area (Å²) >= 11 is 6.06. The van der Waals surface area contributed by atoms with Gasteiger partial charge in [0.05, 0.1) is 13.3 Å². The van der Waals surface area contributed by atoms with Crippen LogP contribution in [0.1, 0.15) is 21.5 Å². The van der Waals surface area contributed by atoms with E-state index in [0.29, 0.717) is 34.3 Å². The molecular formula is C26H21ClN2O3. The Balaban J connectivity index is 1.49. The average molecular weight is 445 g/mol. The van der Waals surface area contributed by atoms with Gasteiger partial charge in [0.1, 0.15) is 6.61 Å². The highest BCUT2D eigenvalue weighted by Crippen LogP contribution is 2.31. The summed E-state index contributed by atoms with van der Waals surface area (Å²) in [6.07, 6.45) is 1.54. The number of carbonyl (C=O) groups excluding carboxylic acids is 1. The van der Waals surface area contributed by atoms with Crippen LogP contribution in [0, 0.1) is 0 Å². The molecule has 1 N–H and O–H groups in total. The molecule has 0 bridgehead atoms. The highest BCUT2D eigenvalue weighted by atomic mass is 35.5. The van der Waals surface area contributed by atoms with Crippen LogP contribution in [0.2, 0.25) is 5.02 Å². The minimum atomic E-state index is -0.295. The predicted octanol–water partition coefficient (Wildman–Crippen LogP) is 5.84. The molecule has 160 valence electrons. The van der Waals surface area contributed by atoms with Crippen molar-refractivity contribution in [2.45, 2.75) is 6.61 Å². The summed E-state index contributed by atoms with van der Waals surface area (Å²) in [6, 6.07) is 26.3. The Morgan fingerprint density at radius 1 is 0.969 bits per heavy atom. The molecule has 0 fully saturated rings. The van der Waals surface area contributed by atoms with E-state index in [2.05, 4.69) is 10.5 Å². The summed E-state index contributed by atoms with van der Waals surface area (Å²) in [6.45, 7) is 0.311. The molecule has 0 aliphatic rings. The quantitative estimate of drug-likeness (QED) is 0.287. The van der Waals surface area contributed by atoms with Crippen molar-refractivity contribution >= 4 is 34.5 Å². The average Bonchev–Trinajstić information content (AvgIpc) is 2.82. The van der Waals surface area contributed by atoms with E-state index in [4.69, 9.17) is 21.1 Å². The van der Waals surface area contributed by atoms with Gasteiger partial charge in [-0.25, -0.2) is 5.43 Å². The van der Waals surface area contributed by atoms with Crippen LogP contribution in [0.3, 0.4) is 0 Å². The van der Waals surface area contributed by atoms with Gasteiger partial charge in [0.25, 0.3) is 5.91 Å². The zero-order chi connectivity index (χ0) is 22.3. The molecule has 4 aromatic rings. The number of hydrazone groups is 1. The van der Waals surface area contributed by atoms with E-state index in [1.54, 1.807) is 19.2 Å². The largest absolute Gasteiger partial charge is 0.493 e. The van der Waals surface area contributed by atoms with Crippen molar-refractivity contribution in [3.8, 4) is 11.5 Å². The molecule has 0 unspecified atom stereocenters. The maximum Gasteiger partial charge on any atom is 0.271 e. The molecule has 4 aromatic carbocycles. The number of rotatable bonds is 7. The van der Waals surface area contributed by atoms with Gasteiger partial charge in [0, 0.05) is 16.1 Å². The van der Waals surface area contributed by atoms with Crippen LogP contribution < -0.4 is 14.9 Å². The number of fused-ring (bicyclic) bond motifs is 1. The summed E-state index contributed by atoms with van der Waals surface area (Å²) < 4.78 is 11.4. The Labute approximate surface area is 191 Å². The van der Waals surface area contributed by atoms with Crippen molar-refractivity contribution in [3.63, 3.8) is 0 Å². The highest BCUT2D eigenvalue weighted by Gasteiger charge is 2.11. The minimum absolute atomic E-state index is 0.295. The Bertz CT molecular complexity index is 1290. The van der Waals surface area contributed by atoms with Crippen LogP contribution in [0.25, 0.3) is 10.8 Å². The first-order valence-electron chi connectivity index (χ1n) is 10.0. The molecule has 0 atom stereocenters. The van der Waals surface area contributed by atoms with E-state index in [9.17, 15) is 4.79 Å². The van der Waals surface area contributed by atoms with Gasteiger partial charge in [-0.05, 0) is 52.7 Å². The molecule has 6 heteroatoms. The Hall–Kier alpha value is -3.83. The maximum atomic E-state index is 12.5. The number of carbonyl (C=O) groups is 1. The number of amides is 1. The number of nitrogens with zero attached hydrogens (tertiary/aromatic N) is 1. The van der Waals surface area contributed by atoms with E-state index in [0.717, 1.165) is 16.3 Å². The zero-order valence-corrected chi connectivity index (χ0v) is 18.2. The van der Waals surface area contributed by atoms with E-state index < -0.39 is 0 Å². The monoisotopic (exact) mass is 444 g/mol. The lowest BCUT2D eigenvalue weighted by molar-refractivity contribution is 0.0955. The van der Waals surface area contributed by atoms with Crippen LogP contribution in [-0.4, -0.2) is 19.2 Å². The van der Waals surface area contributed by atoms with Crippen molar-refractivity contribution in [1.82, 2.24) is 5.43 Å². The van der Waals surface area contributed by atoms with Crippen LogP contribution in [0.15, 0.2) is 90.0 Å². The number of nitrogens with one attached hydrogen (secondary N) is 1. The number of para-hydroxylation sites is 1. The molecule has 0 aromatic heterocycles. The van der Waals surface area contributed by atoms with Crippen molar-refractivity contribution in [1.29, 1.82) is 0 Å². The smallest absolute Gasteiger partial charge is 0.271 e. The lowest BCUT2D eigenvalue weighted by atomic mass is 10.1. The van der Waals surface area contributed by atoms with Gasteiger partial charge < -0.3 is 9.47 Å². The first kappa shape index (κ1) is 21.4. The number of halogens is 1. The van der Waals surface area contributed by atoms with Crippen molar-refractivity contribution in [2.24, 2.45) is 5.10 Å². The fraction of sp³-hybridized carbons (Fsp3) is 0.0769. The van der Waals surface area contributed by atoms with E-state index in [1.165, 1.54) is 6.21 Å². The van der Waals surface area contributed by atoms with Gasteiger partial charge in [0.2, 0.25) is 0 Å². The molecule has 0 saturated carbocycles. The Morgan fingerprint density at radius 2 is 1.78 bits per heavy atom. The van der Waals surface area contributed by atoms with Gasteiger partial charge >= 0.3 is 0 Å². The summed E-state index contributed by atoms with van der Waals surface area (Å²) in [5, 5.41) is 6.83. The Morgan fingerprint density at radius 3 is 2.59 bits per heavy atom. The van der Waals surface area contributed by atoms with Gasteiger partial charge in [-0.2, -0.15) is 5.10 Å². The lowest BCUT2D eigenvalue weighted by Gasteiger charge is -2.13. The van der Waals surface area contributed by atoms with Gasteiger partial charge in [-0.3, -0.25) is 4.79 Å². The number of ether oxygens (including phenoxy) is 2. The summed E-state index contributed by atoms with van der Waals surface area (Å²) in [4.78, 5) is 12.5. The summed E-state index contributed by atoms with van der Waals surface area (Å²) in [7, 11) is 1.57. The number of hydrogen-bond acceptors (Lipinski definition) is 4. The SMILES string of the molecule is COc1cccc(/C=N\NC(=O)c2ccc3ccccc3c2)c1OCc1cccc(Cl)c1. The van der Waals surface area contributed by atoms with Gasteiger partial charge in [-0.15, -0.1) is 0 Å². The fourth-order valence-corrected chi connectivity index (χ4v) is 3.50. The van der Waals surface area contributed by atoms with Crippen molar-refractivity contribution in [2.75, 3.05) is 7.11 Å². The molecule has 1 amide bonds. The third-order valence-electron chi connectivity index (χ3n) is 4.88. The third-order valence-corrected chi connectivity index (χ3v) is 5.12. The van der Waals surface area contributed by atoms with Gasteiger partial charge in [-0.1, -0.05) is 60.1 Å². The molecule has 32 heavy (non-hydrogen) atoms. The molecule has 0 aliphatic heterocycles. The third kappa shape index (κ3) is 5.07. The fourth-order valence-electron chi connectivity index (χ4n) is 3.29. The lowest BCUT2D eigenvalue weighted by Crippen LogP contribution is -2.17. The second-order valence-corrected chi connectivity index (χ2v) is 7.49. The molecule has 0 spiro atoms. The molecule has 0 heterocycles. The number of benzene rings is 4. The molecule has 0 radical (unpaired) electrons. The molecule has 0 aliphatic carbocycles. The standard InChI is InChI=1S/C26H21ClN2O3/c1-31-24-11-5-9-22(25(24)32-17-18-6-4-10-23(27)14-18)16-28-29-26(30)21-13-12-19-7-2-3-8-20(19)15-21/h2-16H,17H2,1H3,(H,29,30)/b28-16-. The van der Waals surface area contributed by atoms with Crippen LogP contribution in [0.4, 0.5) is 0 Å². The number of methoxy groups -OCH3 is 1. The van der Waals surface area contributed by atoms with E-state index in [1.807, 2.05) is 72.8 Å². The summed E-state index contributed by atoms with van der Waals surface area (Å²) in [5.74, 6) is 0.798. The van der Waals surface area contributed by atoms with Crippen LogP contribution >= 0.6 is 11.6 Å². The topological polar surface area (TPSA) is 59.9 Å². The van der Waals surface area contributed by atoms with Crippen LogP contribution in [0.5, 0.6) is 11.5 Å². The number of hydrogen-bond donors (Lipinski definition) is 1. The predicted molar refractivity (Wildman–Crippen MR) is 128 cm³/mol. The molecule has 5 nitrogen and oxygen atoms in total. The van der Waals surface area contributed by atoms with Crippen LogP contribution in [-0.2, 0) is 6.61 Å². The second-order valence-electron chi connectivity index (χ2n) is 7.06. The van der Waals surface area contributed by atoms with E-state index in [-0.39, 0.29) is 5.91 Å². The van der Waals surface area contributed by atoms with Crippen molar-refractivity contribution < 1.29 is 14.3 Å². The normalized spacial score (nSPS) is 10.9. The zero-order valence-electron chi connectivity index (χ0n) is 17.4. The summed E-state index contributed by atoms with van der Waals surface area (Å²) in [5.41, 5.74) is 4.70. The van der Waals surface area contributed by atoms with E-state index >= 15 is 0 Å².